The van der Waals surface area contributed by atoms with Gasteiger partial charge in [-0.15, -0.1) is 5.10 Å². The van der Waals surface area contributed by atoms with Crippen molar-refractivity contribution in [2.24, 2.45) is 0 Å². The molecule has 164 valence electrons. The molecule has 0 spiro atoms. The largest absolute Gasteiger partial charge is 0.346 e. The zero-order chi connectivity index (χ0) is 22.9. The van der Waals surface area contributed by atoms with E-state index in [1.54, 1.807) is 25.9 Å². The Morgan fingerprint density at radius 3 is 2.35 bits per heavy atom. The van der Waals surface area contributed by atoms with Crippen LogP contribution in [-0.4, -0.2) is 59.4 Å². The minimum Gasteiger partial charge on any atom is -0.346 e. The molecule has 3 rings (SSSR count). The molecule has 0 saturated heterocycles. The predicted molar refractivity (Wildman–Crippen MR) is 117 cm³/mol. The van der Waals surface area contributed by atoms with E-state index in [4.69, 9.17) is 23.2 Å². The normalized spacial score (nSPS) is 12.5. The molecule has 3 aromatic rings. The summed E-state index contributed by atoms with van der Waals surface area (Å²) in [6.45, 7) is 1.70. The summed E-state index contributed by atoms with van der Waals surface area (Å²) < 4.78 is 25.1. The Kier molecular flexibility index (Phi) is 6.48. The number of carbonyl (C=O) groups excluding carboxylic acids is 1. The van der Waals surface area contributed by atoms with Crippen molar-refractivity contribution in [1.29, 1.82) is 0 Å². The van der Waals surface area contributed by atoms with Gasteiger partial charge in [0.25, 0.3) is 11.9 Å². The molecule has 1 amide bonds. The summed E-state index contributed by atoms with van der Waals surface area (Å²) in [5, 5.41) is 7.66. The van der Waals surface area contributed by atoms with E-state index in [2.05, 4.69) is 25.4 Å². The van der Waals surface area contributed by atoms with Crippen LogP contribution in [0.5, 0.6) is 0 Å². The first-order chi connectivity index (χ1) is 14.5. The van der Waals surface area contributed by atoms with Gasteiger partial charge in [-0.05, 0) is 25.1 Å². The van der Waals surface area contributed by atoms with Crippen LogP contribution in [0.3, 0.4) is 0 Å². The Balaban J connectivity index is 1.95. The molecule has 1 atom stereocenters. The van der Waals surface area contributed by atoms with Crippen molar-refractivity contribution in [2.75, 3.05) is 25.3 Å². The number of aromatic nitrogens is 5. The minimum atomic E-state index is -3.54. The smallest absolute Gasteiger partial charge is 0.252 e. The minimum absolute atomic E-state index is 0.0505. The molecule has 0 bridgehead atoms. The standard InChI is InChI=1S/C18H19Cl2N7O3S/c1-10(23-16(28)11-5-12(19)7-14(6-11)31(4,29)30)15-24-18(26(2)3)25-27(15)17-21-8-13(20)9-22-17/h5-10H,1-4H3,(H,23,28). The second-order valence-electron chi connectivity index (χ2n) is 6.92. The van der Waals surface area contributed by atoms with E-state index in [0.717, 1.165) is 6.26 Å². The SMILES string of the molecule is CC(NC(=O)c1cc(Cl)cc(S(C)(=O)=O)c1)c1nc(N(C)C)nn1-c1ncc(Cl)cn1. The van der Waals surface area contributed by atoms with Crippen molar-refractivity contribution < 1.29 is 13.2 Å². The molecule has 1 N–H and O–H groups in total. The topological polar surface area (TPSA) is 123 Å². The highest BCUT2D eigenvalue weighted by Crippen LogP contribution is 2.21. The van der Waals surface area contributed by atoms with Crippen LogP contribution in [0.2, 0.25) is 10.0 Å². The van der Waals surface area contributed by atoms with Gasteiger partial charge in [-0.3, -0.25) is 4.79 Å². The van der Waals surface area contributed by atoms with E-state index < -0.39 is 21.8 Å². The van der Waals surface area contributed by atoms with Crippen LogP contribution in [0, 0.1) is 0 Å². The molecule has 1 unspecified atom stereocenters. The van der Waals surface area contributed by atoms with Crippen molar-refractivity contribution in [3.8, 4) is 5.95 Å². The molecule has 31 heavy (non-hydrogen) atoms. The zero-order valence-electron chi connectivity index (χ0n) is 17.0. The number of halogens is 2. The molecule has 1 aromatic carbocycles. The van der Waals surface area contributed by atoms with Crippen molar-refractivity contribution in [1.82, 2.24) is 30.0 Å². The van der Waals surface area contributed by atoms with E-state index in [-0.39, 0.29) is 21.4 Å². The number of nitrogens with one attached hydrogen (secondary N) is 1. The van der Waals surface area contributed by atoms with Gasteiger partial charge in [0.05, 0.1) is 28.4 Å². The number of nitrogens with zero attached hydrogens (tertiary/aromatic N) is 6. The fraction of sp³-hybridized carbons (Fsp3) is 0.278. The van der Waals surface area contributed by atoms with Crippen LogP contribution in [0.1, 0.15) is 29.1 Å². The molecule has 0 fully saturated rings. The average molecular weight is 484 g/mol. The highest BCUT2D eigenvalue weighted by Gasteiger charge is 2.23. The summed E-state index contributed by atoms with van der Waals surface area (Å²) in [7, 11) is 0.00566. The Bertz CT molecular complexity index is 1230. The maximum atomic E-state index is 12.8. The van der Waals surface area contributed by atoms with Gasteiger partial charge < -0.3 is 10.2 Å². The van der Waals surface area contributed by atoms with Gasteiger partial charge in [0.1, 0.15) is 0 Å². The van der Waals surface area contributed by atoms with Crippen molar-refractivity contribution in [3.63, 3.8) is 0 Å². The van der Waals surface area contributed by atoms with Gasteiger partial charge >= 0.3 is 0 Å². The first-order valence-corrected chi connectivity index (χ1v) is 11.5. The van der Waals surface area contributed by atoms with Gasteiger partial charge in [-0.25, -0.2) is 18.4 Å². The number of anilines is 1. The fourth-order valence-electron chi connectivity index (χ4n) is 2.60. The Morgan fingerprint density at radius 2 is 1.77 bits per heavy atom. The number of amides is 1. The summed E-state index contributed by atoms with van der Waals surface area (Å²) in [6, 6.07) is 3.31. The third-order valence-electron chi connectivity index (χ3n) is 4.11. The van der Waals surface area contributed by atoms with Gasteiger partial charge in [0, 0.05) is 30.9 Å². The first kappa shape index (κ1) is 22.9. The second kappa shape index (κ2) is 8.77. The molecule has 0 saturated carbocycles. The quantitative estimate of drug-likeness (QED) is 0.566. The lowest BCUT2D eigenvalue weighted by Gasteiger charge is -2.14. The van der Waals surface area contributed by atoms with Crippen LogP contribution in [0.25, 0.3) is 5.95 Å². The molecule has 0 aliphatic rings. The van der Waals surface area contributed by atoms with Crippen LogP contribution in [-0.2, 0) is 9.84 Å². The van der Waals surface area contributed by atoms with Crippen LogP contribution in [0.15, 0.2) is 35.5 Å². The molecule has 0 aliphatic heterocycles. The Hall–Kier alpha value is -2.76. The monoisotopic (exact) mass is 483 g/mol. The third-order valence-corrected chi connectivity index (χ3v) is 5.62. The van der Waals surface area contributed by atoms with Crippen LogP contribution < -0.4 is 10.2 Å². The molecular formula is C18H19Cl2N7O3S. The number of carbonyl (C=O) groups is 1. The van der Waals surface area contributed by atoms with E-state index >= 15 is 0 Å². The third kappa shape index (κ3) is 5.30. The van der Waals surface area contributed by atoms with Crippen molar-refractivity contribution in [2.45, 2.75) is 17.9 Å². The Labute approximate surface area is 189 Å². The highest BCUT2D eigenvalue weighted by atomic mass is 35.5. The van der Waals surface area contributed by atoms with Gasteiger partial charge in [-0.1, -0.05) is 23.2 Å². The molecule has 10 nitrogen and oxygen atoms in total. The van der Waals surface area contributed by atoms with Gasteiger partial charge in [0.15, 0.2) is 15.7 Å². The Morgan fingerprint density at radius 1 is 1.13 bits per heavy atom. The lowest BCUT2D eigenvalue weighted by Crippen LogP contribution is -2.29. The highest BCUT2D eigenvalue weighted by molar-refractivity contribution is 7.90. The molecule has 2 aromatic heterocycles. The maximum Gasteiger partial charge on any atom is 0.252 e. The van der Waals surface area contributed by atoms with E-state index in [1.165, 1.54) is 35.3 Å². The number of sulfone groups is 1. The van der Waals surface area contributed by atoms with Crippen molar-refractivity contribution in [3.05, 3.63) is 52.0 Å². The molecular weight excluding hydrogens is 465 g/mol. The molecule has 0 aliphatic carbocycles. The van der Waals surface area contributed by atoms with Gasteiger partial charge in [0.2, 0.25) is 5.95 Å². The summed E-state index contributed by atoms with van der Waals surface area (Å²) in [4.78, 5) is 27.2. The summed E-state index contributed by atoms with van der Waals surface area (Å²) in [5.74, 6) is 0.447. The lowest BCUT2D eigenvalue weighted by molar-refractivity contribution is 0.0937. The summed E-state index contributed by atoms with van der Waals surface area (Å²) >= 11 is 11.9. The van der Waals surface area contributed by atoms with E-state index in [9.17, 15) is 13.2 Å². The van der Waals surface area contributed by atoms with Crippen LogP contribution in [0.4, 0.5) is 5.95 Å². The molecule has 0 radical (unpaired) electrons. The summed E-state index contributed by atoms with van der Waals surface area (Å²) in [6.07, 6.45) is 3.89. The predicted octanol–water partition coefficient (Wildman–Crippen LogP) is 2.32. The first-order valence-electron chi connectivity index (χ1n) is 8.89. The number of rotatable bonds is 6. The second-order valence-corrected chi connectivity index (χ2v) is 9.81. The number of benzene rings is 1. The summed E-state index contributed by atoms with van der Waals surface area (Å²) in [5.41, 5.74) is 0.0985. The number of hydrogen-bond donors (Lipinski definition) is 1. The van der Waals surface area contributed by atoms with Gasteiger partial charge in [-0.2, -0.15) is 9.67 Å². The fourth-order valence-corrected chi connectivity index (χ4v) is 3.68. The van der Waals surface area contributed by atoms with Crippen molar-refractivity contribution >= 4 is 44.9 Å². The van der Waals surface area contributed by atoms with E-state index in [1.807, 2.05) is 0 Å². The van der Waals surface area contributed by atoms with E-state index in [0.29, 0.717) is 16.8 Å². The zero-order valence-corrected chi connectivity index (χ0v) is 19.4. The molecule has 2 heterocycles. The maximum absolute atomic E-state index is 12.8. The molecule has 13 heteroatoms. The lowest BCUT2D eigenvalue weighted by atomic mass is 10.2. The number of hydrogen-bond acceptors (Lipinski definition) is 8. The van der Waals surface area contributed by atoms with Crippen LogP contribution >= 0.6 is 23.2 Å². The average Bonchev–Trinajstić information content (AvgIpc) is 3.13.